The first-order chi connectivity index (χ1) is 24.8. The minimum absolute atomic E-state index is 0.0643. The number of carbonyl (C=O) groups excluding carboxylic acids is 3. The number of rotatable bonds is 12. The second-order valence-electron chi connectivity index (χ2n) is 14.1. The largest absolute Gasteiger partial charge is 0.445 e. The number of imide groups is 1. The van der Waals surface area contributed by atoms with E-state index in [9.17, 15) is 19.5 Å². The van der Waals surface area contributed by atoms with Crippen molar-refractivity contribution >= 4 is 26.4 Å². The van der Waals surface area contributed by atoms with Gasteiger partial charge in [-0.2, -0.15) is 0 Å². The van der Waals surface area contributed by atoms with Gasteiger partial charge < -0.3 is 19.2 Å². The van der Waals surface area contributed by atoms with Crippen LogP contribution in [-0.4, -0.2) is 35.1 Å². The zero-order chi connectivity index (χ0) is 37.9. The molecule has 9 nitrogen and oxygen atoms in total. The number of nitrogens with one attached hydrogen (secondary N) is 1. The van der Waals surface area contributed by atoms with E-state index in [2.05, 4.69) is 31.8 Å². The minimum Gasteiger partial charge on any atom is -0.445 e. The predicted octanol–water partition coefficient (Wildman–Crippen LogP) is 9.51. The summed E-state index contributed by atoms with van der Waals surface area (Å²) in [6, 6.07) is 25.9. The van der Waals surface area contributed by atoms with Crippen molar-refractivity contribution in [2.75, 3.05) is 0 Å². The van der Waals surface area contributed by atoms with E-state index in [0.717, 1.165) is 17.5 Å². The van der Waals surface area contributed by atoms with E-state index in [-0.39, 0.29) is 23.2 Å². The molecule has 0 unspecified atom stereocenters. The van der Waals surface area contributed by atoms with Crippen LogP contribution in [0.1, 0.15) is 82.3 Å². The third-order valence-electron chi connectivity index (χ3n) is 10.3. The molecule has 0 bridgehead atoms. The summed E-state index contributed by atoms with van der Waals surface area (Å²) >= 11 is 0. The number of hydrogen-bond donors (Lipinski definition) is 2. The SMILES string of the molecule is C=C[C@]1(C)C[C@@H](OC(=O)NC(=O)c2ccc(OP(OCc3ccccc3)OCc3ccccc3)cc2)[C@@]2(C)/C(=C\[C@@H](C)[C@@H]1O)C[C@H]2C.CCC(C)=O. The molecule has 52 heavy (non-hydrogen) atoms. The molecule has 2 aliphatic carbocycles. The molecule has 2 aliphatic rings. The number of ketones is 1. The maximum atomic E-state index is 13.1. The number of alkyl carbamates (subject to hydrolysis) is 1. The third-order valence-corrected chi connectivity index (χ3v) is 11.3. The van der Waals surface area contributed by atoms with Crippen LogP contribution in [0.4, 0.5) is 4.79 Å². The van der Waals surface area contributed by atoms with Crippen LogP contribution in [0.15, 0.2) is 109 Å². The Morgan fingerprint density at radius 1 is 0.923 bits per heavy atom. The number of fused-ring (bicyclic) bond motifs is 1. The molecular weight excluding hydrogens is 677 g/mol. The van der Waals surface area contributed by atoms with Crippen LogP contribution in [-0.2, 0) is 31.8 Å². The van der Waals surface area contributed by atoms with Gasteiger partial charge in [-0.1, -0.05) is 113 Å². The van der Waals surface area contributed by atoms with Crippen LogP contribution >= 0.6 is 8.60 Å². The van der Waals surface area contributed by atoms with Crippen LogP contribution in [0.5, 0.6) is 5.75 Å². The second-order valence-corrected chi connectivity index (χ2v) is 15.2. The quantitative estimate of drug-likeness (QED) is 0.140. The zero-order valence-electron chi connectivity index (χ0n) is 31.0. The van der Waals surface area contributed by atoms with Gasteiger partial charge in [0.2, 0.25) is 0 Å². The lowest BCUT2D eigenvalue weighted by atomic mass is 9.51. The van der Waals surface area contributed by atoms with Crippen molar-refractivity contribution in [1.82, 2.24) is 5.32 Å². The zero-order valence-corrected chi connectivity index (χ0v) is 31.9. The van der Waals surface area contributed by atoms with Crippen molar-refractivity contribution in [2.45, 2.75) is 86.2 Å². The Kier molecular flexibility index (Phi) is 14.5. The fraction of sp³-hybridized carbons (Fsp3) is 0.405. The molecule has 3 aromatic rings. The number of aliphatic hydroxyl groups is 1. The highest BCUT2D eigenvalue weighted by molar-refractivity contribution is 7.42. The Labute approximate surface area is 309 Å². The fourth-order valence-corrected chi connectivity index (χ4v) is 7.38. The van der Waals surface area contributed by atoms with E-state index < -0.39 is 43.6 Å². The van der Waals surface area contributed by atoms with E-state index in [1.165, 1.54) is 5.57 Å². The average molecular weight is 730 g/mol. The lowest BCUT2D eigenvalue weighted by Crippen LogP contribution is -2.55. The van der Waals surface area contributed by atoms with Gasteiger partial charge in [-0.3, -0.25) is 19.2 Å². The summed E-state index contributed by atoms with van der Waals surface area (Å²) in [5.74, 6) is 0.312. The van der Waals surface area contributed by atoms with Gasteiger partial charge in [-0.25, -0.2) is 4.79 Å². The van der Waals surface area contributed by atoms with Gasteiger partial charge in [0.15, 0.2) is 0 Å². The summed E-state index contributed by atoms with van der Waals surface area (Å²) < 4.78 is 24.0. The Morgan fingerprint density at radius 2 is 1.46 bits per heavy atom. The summed E-state index contributed by atoms with van der Waals surface area (Å²) in [6.45, 7) is 16.2. The van der Waals surface area contributed by atoms with Crippen molar-refractivity contribution < 1.29 is 37.8 Å². The summed E-state index contributed by atoms with van der Waals surface area (Å²) in [6.07, 6.45) is 3.71. The molecule has 2 amide bonds. The monoisotopic (exact) mass is 729 g/mol. The van der Waals surface area contributed by atoms with E-state index in [1.807, 2.05) is 81.4 Å². The van der Waals surface area contributed by atoms with Crippen molar-refractivity contribution in [3.63, 3.8) is 0 Å². The van der Waals surface area contributed by atoms with Crippen molar-refractivity contribution in [3.8, 4) is 5.75 Å². The molecule has 6 atom stereocenters. The van der Waals surface area contributed by atoms with Gasteiger partial charge in [0.25, 0.3) is 5.91 Å². The van der Waals surface area contributed by atoms with Gasteiger partial charge in [0.05, 0.1) is 19.3 Å². The second kappa shape index (κ2) is 18.6. The van der Waals surface area contributed by atoms with Crippen LogP contribution in [0.2, 0.25) is 0 Å². The van der Waals surface area contributed by atoms with Gasteiger partial charge in [-0.05, 0) is 61.1 Å². The topological polar surface area (TPSA) is 120 Å². The predicted molar refractivity (Wildman–Crippen MR) is 203 cm³/mol. The lowest BCUT2D eigenvalue weighted by molar-refractivity contribution is -0.116. The van der Waals surface area contributed by atoms with Crippen LogP contribution in [0, 0.1) is 22.7 Å². The molecule has 0 aromatic heterocycles. The Balaban J connectivity index is 0.00000113. The number of amides is 2. The number of hydrogen-bond acceptors (Lipinski definition) is 8. The molecule has 0 radical (unpaired) electrons. The highest BCUT2D eigenvalue weighted by Crippen LogP contribution is 2.58. The standard InChI is InChI=1S/C38H44NO7P.C4H8O/c1-6-37(4)23-33(38(5)27(3)22-31(38)21-26(2)34(37)40)45-36(42)39-35(41)30-17-19-32(20-18-30)46-47(43-24-28-13-9-7-10-14-28)44-25-29-15-11-8-12-16-29;1-3-4(2)5/h6-21,26-27,33-34,40H,1,22-25H2,2-5H3,(H,39,41,42);3H2,1-2H3/b31-21-;/t26-,27-,33-,34+,37-,38-;/m1./s1. The molecule has 1 fully saturated rings. The molecule has 5 rings (SSSR count). The third kappa shape index (κ3) is 10.5. The first-order valence-corrected chi connectivity index (χ1v) is 18.8. The Bertz CT molecular complexity index is 1640. The first kappa shape index (κ1) is 40.6. The molecule has 0 spiro atoms. The lowest BCUT2D eigenvalue weighted by Gasteiger charge is -2.56. The van der Waals surface area contributed by atoms with Gasteiger partial charge in [-0.15, -0.1) is 6.58 Å². The highest BCUT2D eigenvalue weighted by atomic mass is 31.2. The molecule has 278 valence electrons. The number of Topliss-reactive ketones (excluding diaryl/α,β-unsaturated/α-hetero) is 1. The van der Waals surface area contributed by atoms with Gasteiger partial charge in [0.1, 0.15) is 17.6 Å². The molecule has 3 aromatic carbocycles. The van der Waals surface area contributed by atoms with E-state index in [1.54, 1.807) is 37.3 Å². The number of benzene rings is 3. The molecule has 10 heteroatoms. The molecule has 0 aliphatic heterocycles. The Hall–Kier alpha value is -4.14. The first-order valence-electron chi connectivity index (χ1n) is 17.7. The Morgan fingerprint density at radius 3 is 1.94 bits per heavy atom. The smallest absolute Gasteiger partial charge is 0.414 e. The maximum Gasteiger partial charge on any atom is 0.414 e. The minimum atomic E-state index is -1.77. The summed E-state index contributed by atoms with van der Waals surface area (Å²) in [4.78, 5) is 36.0. The fourth-order valence-electron chi connectivity index (χ4n) is 6.40. The van der Waals surface area contributed by atoms with Crippen molar-refractivity contribution in [1.29, 1.82) is 0 Å². The van der Waals surface area contributed by atoms with Crippen molar-refractivity contribution in [2.24, 2.45) is 22.7 Å². The van der Waals surface area contributed by atoms with E-state index in [0.29, 0.717) is 31.8 Å². The molecule has 2 N–H and O–H groups in total. The molecule has 1 saturated carbocycles. The number of aliphatic hydroxyl groups excluding tert-OH is 1. The van der Waals surface area contributed by atoms with Crippen molar-refractivity contribution in [3.05, 3.63) is 126 Å². The summed E-state index contributed by atoms with van der Waals surface area (Å²) in [5, 5.41) is 13.5. The maximum absolute atomic E-state index is 13.1. The molecular formula is C42H52NO8P. The van der Waals surface area contributed by atoms with Gasteiger partial charge >= 0.3 is 14.7 Å². The molecule has 0 heterocycles. The van der Waals surface area contributed by atoms with E-state index in [4.69, 9.17) is 18.3 Å². The number of ether oxygens (including phenoxy) is 1. The normalized spacial score (nSPS) is 26.0. The van der Waals surface area contributed by atoms with Crippen LogP contribution in [0.25, 0.3) is 0 Å². The average Bonchev–Trinajstić information content (AvgIpc) is 3.15. The highest BCUT2D eigenvalue weighted by Gasteiger charge is 2.55. The summed E-state index contributed by atoms with van der Waals surface area (Å²) in [5.41, 5.74) is 2.32. The molecule has 0 saturated heterocycles. The summed E-state index contributed by atoms with van der Waals surface area (Å²) in [7, 11) is -1.77. The number of carbonyl (C=O) groups is 3. The van der Waals surface area contributed by atoms with Crippen LogP contribution in [0.3, 0.4) is 0 Å². The van der Waals surface area contributed by atoms with Crippen LogP contribution < -0.4 is 9.84 Å². The van der Waals surface area contributed by atoms with E-state index >= 15 is 0 Å². The van der Waals surface area contributed by atoms with Gasteiger partial charge in [0, 0.05) is 28.7 Å².